The number of fused-ring (bicyclic) bond motifs is 1. The molecule has 5 atom stereocenters. The van der Waals surface area contributed by atoms with Gasteiger partial charge in [-0.15, -0.1) is 6.58 Å². The number of carbonyl (C=O) groups is 5. The van der Waals surface area contributed by atoms with Crippen LogP contribution in [0.2, 0.25) is 0 Å². The first-order chi connectivity index (χ1) is 23.0. The van der Waals surface area contributed by atoms with Crippen LogP contribution in [-0.4, -0.2) is 85.4 Å². The summed E-state index contributed by atoms with van der Waals surface area (Å²) in [6.45, 7) is 13.4. The molecule has 12 nitrogen and oxygen atoms in total. The van der Waals surface area contributed by atoms with Crippen LogP contribution in [0.5, 0.6) is 0 Å². The van der Waals surface area contributed by atoms with Gasteiger partial charge >= 0.3 is 6.03 Å². The van der Waals surface area contributed by atoms with Crippen molar-refractivity contribution in [1.82, 2.24) is 26.2 Å². The topological polar surface area (TPSA) is 171 Å². The fourth-order valence-electron chi connectivity index (χ4n) is 7.46. The summed E-state index contributed by atoms with van der Waals surface area (Å²) in [4.78, 5) is 69.5. The molecule has 3 fully saturated rings. The fraction of sp³-hybridized carbons (Fsp3) is 0.639. The van der Waals surface area contributed by atoms with Crippen molar-refractivity contribution >= 4 is 39.4 Å². The minimum absolute atomic E-state index is 0.0693. The number of hydrogen-bond donors (Lipinski definition) is 4. The van der Waals surface area contributed by atoms with Gasteiger partial charge in [0.25, 0.3) is 5.91 Å². The molecule has 2 aliphatic carbocycles. The van der Waals surface area contributed by atoms with Crippen LogP contribution in [-0.2, 0) is 29.0 Å². The number of rotatable bonds is 14. The Balaban J connectivity index is 1.49. The maximum atomic E-state index is 14.3. The highest BCUT2D eigenvalue weighted by molar-refractivity contribution is 7.91. The quantitative estimate of drug-likeness (QED) is 0.171. The molecule has 1 aromatic rings. The van der Waals surface area contributed by atoms with Gasteiger partial charge in [0.2, 0.25) is 17.6 Å². The van der Waals surface area contributed by atoms with Gasteiger partial charge in [-0.1, -0.05) is 57.4 Å². The molecule has 5 amide bonds. The van der Waals surface area contributed by atoms with E-state index in [0.29, 0.717) is 13.0 Å². The van der Waals surface area contributed by atoms with Crippen LogP contribution >= 0.6 is 0 Å². The van der Waals surface area contributed by atoms with Gasteiger partial charge in [-0.2, -0.15) is 0 Å². The third-order valence-electron chi connectivity index (χ3n) is 10.2. The van der Waals surface area contributed by atoms with Gasteiger partial charge in [0.15, 0.2) is 9.84 Å². The lowest BCUT2D eigenvalue weighted by molar-refractivity contribution is -0.144. The van der Waals surface area contributed by atoms with E-state index in [-0.39, 0.29) is 46.9 Å². The minimum atomic E-state index is -3.68. The summed E-state index contributed by atoms with van der Waals surface area (Å²) in [5, 5.41) is 11.0. The van der Waals surface area contributed by atoms with Gasteiger partial charge in [0.1, 0.15) is 12.1 Å². The third-order valence-corrected chi connectivity index (χ3v) is 11.9. The Hall–Kier alpha value is -3.74. The molecule has 1 aromatic carbocycles. The first kappa shape index (κ1) is 38.1. The molecule has 2 saturated carbocycles. The molecule has 1 saturated heterocycles. The number of amides is 5. The number of carbonyl (C=O) groups excluding carboxylic acids is 5. The lowest BCUT2D eigenvalue weighted by atomic mass is 9.83. The smallest absolute Gasteiger partial charge is 0.315 e. The van der Waals surface area contributed by atoms with Crippen molar-refractivity contribution in [1.29, 1.82) is 0 Å². The molecule has 3 aliphatic rings. The van der Waals surface area contributed by atoms with E-state index in [1.54, 1.807) is 29.2 Å². The van der Waals surface area contributed by atoms with Crippen LogP contribution in [0.25, 0.3) is 0 Å². The fourth-order valence-corrected chi connectivity index (χ4v) is 8.64. The number of sulfone groups is 1. The average molecular weight is 700 g/mol. The first-order valence-corrected chi connectivity index (χ1v) is 19.0. The summed E-state index contributed by atoms with van der Waals surface area (Å²) in [7, 11) is -3.68. The molecule has 49 heavy (non-hydrogen) atoms. The van der Waals surface area contributed by atoms with Gasteiger partial charge < -0.3 is 26.2 Å². The van der Waals surface area contributed by atoms with Crippen LogP contribution in [0.15, 0.2) is 47.9 Å². The van der Waals surface area contributed by atoms with Crippen molar-refractivity contribution in [2.45, 2.75) is 108 Å². The van der Waals surface area contributed by atoms with Crippen LogP contribution in [0.4, 0.5) is 4.79 Å². The number of nitrogens with zero attached hydrogens (tertiary/aromatic N) is 1. The summed E-state index contributed by atoms with van der Waals surface area (Å²) in [5.74, 6) is -3.32. The number of ketones is 1. The summed E-state index contributed by atoms with van der Waals surface area (Å²) >= 11 is 0. The summed E-state index contributed by atoms with van der Waals surface area (Å²) in [6, 6.07) is 4.46. The molecule has 2 unspecified atom stereocenters. The standard InChI is InChI=1S/C36H53N5O7S/c1-7-8-19-26(30(42)32(44)37-20-21-49(47,48)24-17-13-10-14-18-24)38-31(43)29-27-25(36(27,5)6)22-41(29)33(45)28(23-15-11-9-12-16-23)39-34(46)40-35(2,3)4/h7,10,13-14,17-18,23,25-29H,1,8-9,11-12,15-16,19-22H2,2-6H3,(H,37,44)(H,38,43)(H2,39,40,46)/t25?,26?,27-,28-,29-/m0/s1. The van der Waals surface area contributed by atoms with E-state index in [2.05, 4.69) is 41.7 Å². The second-order valence-electron chi connectivity index (χ2n) is 15.3. The van der Waals surface area contributed by atoms with E-state index in [1.807, 2.05) is 20.8 Å². The number of likely N-dealkylation sites (tertiary alicyclic amines) is 1. The van der Waals surface area contributed by atoms with E-state index >= 15 is 0 Å². The van der Waals surface area contributed by atoms with E-state index in [0.717, 1.165) is 32.1 Å². The zero-order valence-electron chi connectivity index (χ0n) is 29.4. The van der Waals surface area contributed by atoms with Gasteiger partial charge in [0.05, 0.1) is 16.7 Å². The highest BCUT2D eigenvalue weighted by atomic mass is 32.2. The Kier molecular flexibility index (Phi) is 12.0. The van der Waals surface area contributed by atoms with Crippen molar-refractivity contribution in [3.05, 3.63) is 43.0 Å². The maximum absolute atomic E-state index is 14.3. The molecular formula is C36H53N5O7S. The molecule has 4 N–H and O–H groups in total. The second kappa shape index (κ2) is 15.4. The predicted octanol–water partition coefficient (Wildman–Crippen LogP) is 3.13. The first-order valence-electron chi connectivity index (χ1n) is 17.4. The number of allylic oxidation sites excluding steroid dienone is 1. The summed E-state index contributed by atoms with van der Waals surface area (Å²) in [5.41, 5.74) is -0.722. The molecule has 1 heterocycles. The Bertz CT molecular complexity index is 1520. The molecule has 13 heteroatoms. The molecule has 0 radical (unpaired) electrons. The van der Waals surface area contributed by atoms with Crippen LogP contribution in [0.1, 0.15) is 79.6 Å². The zero-order valence-corrected chi connectivity index (χ0v) is 30.2. The Labute approximate surface area is 290 Å². The number of urea groups is 1. The van der Waals surface area contributed by atoms with Crippen molar-refractivity contribution in [3.8, 4) is 0 Å². The highest BCUT2D eigenvalue weighted by Gasteiger charge is 2.69. The highest BCUT2D eigenvalue weighted by Crippen LogP contribution is 2.65. The monoisotopic (exact) mass is 699 g/mol. The van der Waals surface area contributed by atoms with Gasteiger partial charge in [-0.25, -0.2) is 13.2 Å². The van der Waals surface area contributed by atoms with Gasteiger partial charge in [0, 0.05) is 18.6 Å². The second-order valence-corrected chi connectivity index (χ2v) is 17.4. The third kappa shape index (κ3) is 9.29. The summed E-state index contributed by atoms with van der Waals surface area (Å²) in [6.07, 6.45) is 6.54. The normalized spacial score (nSPS) is 23.0. The number of benzene rings is 1. The Morgan fingerprint density at radius 1 is 1.02 bits per heavy atom. The van der Waals surface area contributed by atoms with Crippen molar-refractivity contribution in [2.75, 3.05) is 18.8 Å². The SMILES string of the molecule is C=CCCC(NC(=O)[C@@H]1[C@@H]2C(CN1C(=O)[C@@H](NC(=O)NC(C)(C)C)C1CCCCC1)C2(C)C)C(=O)C(=O)NCCS(=O)(=O)c1ccccc1. The number of piperidine rings is 1. The lowest BCUT2D eigenvalue weighted by Crippen LogP contribution is -2.61. The molecule has 270 valence electrons. The molecule has 0 spiro atoms. The lowest BCUT2D eigenvalue weighted by Gasteiger charge is -2.37. The van der Waals surface area contributed by atoms with E-state index < -0.39 is 62.9 Å². The van der Waals surface area contributed by atoms with Gasteiger partial charge in [-0.3, -0.25) is 19.2 Å². The zero-order chi connectivity index (χ0) is 36.1. The largest absolute Gasteiger partial charge is 0.348 e. The molecular weight excluding hydrogens is 646 g/mol. The summed E-state index contributed by atoms with van der Waals surface area (Å²) < 4.78 is 25.3. The maximum Gasteiger partial charge on any atom is 0.315 e. The van der Waals surface area contributed by atoms with Crippen LogP contribution in [0, 0.1) is 23.2 Å². The molecule has 0 aromatic heterocycles. The van der Waals surface area contributed by atoms with Crippen molar-refractivity contribution in [3.63, 3.8) is 0 Å². The number of hydrogen-bond acceptors (Lipinski definition) is 7. The van der Waals surface area contributed by atoms with E-state index in [9.17, 15) is 32.4 Å². The van der Waals surface area contributed by atoms with E-state index in [4.69, 9.17) is 0 Å². The Morgan fingerprint density at radius 2 is 1.67 bits per heavy atom. The number of Topliss-reactive ketones (excluding diaryl/α,β-unsaturated/α-hetero) is 1. The van der Waals surface area contributed by atoms with Crippen LogP contribution < -0.4 is 21.3 Å². The van der Waals surface area contributed by atoms with Crippen LogP contribution in [0.3, 0.4) is 0 Å². The van der Waals surface area contributed by atoms with E-state index in [1.165, 1.54) is 12.1 Å². The molecule has 1 aliphatic heterocycles. The Morgan fingerprint density at radius 3 is 2.29 bits per heavy atom. The minimum Gasteiger partial charge on any atom is -0.348 e. The molecule has 0 bridgehead atoms. The van der Waals surface area contributed by atoms with Gasteiger partial charge in [-0.05, 0) is 81.8 Å². The molecule has 4 rings (SSSR count). The van der Waals surface area contributed by atoms with Crippen molar-refractivity contribution < 1.29 is 32.4 Å². The number of nitrogens with one attached hydrogen (secondary N) is 4. The average Bonchev–Trinajstić information content (AvgIpc) is 3.35. The predicted molar refractivity (Wildman–Crippen MR) is 186 cm³/mol. The van der Waals surface area contributed by atoms with Crippen molar-refractivity contribution in [2.24, 2.45) is 23.2 Å².